The minimum absolute atomic E-state index is 0. The summed E-state index contributed by atoms with van der Waals surface area (Å²) in [6.07, 6.45) is 3.60. The molecule has 0 amide bonds. The van der Waals surface area contributed by atoms with E-state index < -0.39 is 6.98 Å². The van der Waals surface area contributed by atoms with Crippen LogP contribution in [-0.2, 0) is 20.1 Å². The number of nitrogens with zero attached hydrogens (tertiary/aromatic N) is 3. The Kier molecular flexibility index (Phi) is 7.20. The van der Waals surface area contributed by atoms with Crippen molar-refractivity contribution in [3.8, 4) is 34.0 Å². The van der Waals surface area contributed by atoms with Crippen molar-refractivity contribution in [2.75, 3.05) is 11.9 Å². The van der Waals surface area contributed by atoms with Crippen LogP contribution in [0.2, 0.25) is 0 Å². The van der Waals surface area contributed by atoms with Gasteiger partial charge in [0.2, 0.25) is 0 Å². The zero-order valence-electron chi connectivity index (χ0n) is 24.7. The molecule has 0 atom stereocenters. The van der Waals surface area contributed by atoms with E-state index in [-0.39, 0.29) is 20.1 Å². The van der Waals surface area contributed by atoms with Crippen LogP contribution in [0.4, 0.5) is 11.4 Å². The second-order valence-electron chi connectivity index (χ2n) is 9.01. The minimum Gasteiger partial charge on any atom is -0.497 e. The molecular formula is C33H29IrN3O-2. The van der Waals surface area contributed by atoms with Gasteiger partial charge in [0.1, 0.15) is 5.75 Å². The molecule has 0 saturated carbocycles. The van der Waals surface area contributed by atoms with Crippen LogP contribution < -0.4 is 9.64 Å². The predicted molar refractivity (Wildman–Crippen MR) is 151 cm³/mol. The SMILES string of the molecule is [2H]C([2H])([2H])N1c2cc[c-]c(-c3cc(C)c(C)cn3)c2Oc2c1ccc(C)c2C.[Ir].[c-]1ccccc1-c1ccccn1. The van der Waals surface area contributed by atoms with Gasteiger partial charge in [-0.1, -0.05) is 35.4 Å². The number of aryl methyl sites for hydroxylation is 3. The van der Waals surface area contributed by atoms with Gasteiger partial charge in [0.05, 0.1) is 11.4 Å². The molecule has 0 spiro atoms. The van der Waals surface area contributed by atoms with Gasteiger partial charge in [0, 0.05) is 49.3 Å². The molecule has 0 saturated heterocycles. The van der Waals surface area contributed by atoms with Crippen LogP contribution >= 0.6 is 0 Å². The summed E-state index contributed by atoms with van der Waals surface area (Å²) < 4.78 is 30.7. The molecule has 193 valence electrons. The quantitative estimate of drug-likeness (QED) is 0.177. The van der Waals surface area contributed by atoms with Gasteiger partial charge in [-0.3, -0.25) is 0 Å². The van der Waals surface area contributed by atoms with Crippen LogP contribution in [0.15, 0.2) is 85.2 Å². The largest absolute Gasteiger partial charge is 0.497 e. The number of rotatable bonds is 2. The Hall–Kier alpha value is -3.79. The van der Waals surface area contributed by atoms with Gasteiger partial charge in [-0.15, -0.1) is 54.1 Å². The Balaban J connectivity index is 0.000000249. The molecule has 1 radical (unpaired) electrons. The first kappa shape index (κ1) is 23.3. The summed E-state index contributed by atoms with van der Waals surface area (Å²) in [5.74, 6) is 1.03. The van der Waals surface area contributed by atoms with Gasteiger partial charge in [0.15, 0.2) is 0 Å². The van der Waals surface area contributed by atoms with Crippen LogP contribution in [0.3, 0.4) is 0 Å². The van der Waals surface area contributed by atoms with Gasteiger partial charge in [-0.05, 0) is 67.9 Å². The normalized spacial score (nSPS) is 12.7. The smallest absolute Gasteiger partial charge is 0.141 e. The molecule has 5 aromatic rings. The van der Waals surface area contributed by atoms with E-state index in [0.717, 1.165) is 33.5 Å². The Labute approximate surface area is 242 Å². The fourth-order valence-electron chi connectivity index (χ4n) is 4.09. The van der Waals surface area contributed by atoms with E-state index in [1.165, 1.54) is 4.90 Å². The van der Waals surface area contributed by atoms with E-state index in [1.54, 1.807) is 24.4 Å². The summed E-state index contributed by atoms with van der Waals surface area (Å²) in [5.41, 5.74) is 8.56. The Morgan fingerprint density at radius 3 is 2.29 bits per heavy atom. The first-order valence-corrected chi connectivity index (χ1v) is 12.1. The summed E-state index contributed by atoms with van der Waals surface area (Å²) in [4.78, 5) is 10.1. The average molecular weight is 679 g/mol. The van der Waals surface area contributed by atoms with E-state index in [0.29, 0.717) is 34.1 Å². The van der Waals surface area contributed by atoms with Gasteiger partial charge < -0.3 is 19.6 Å². The van der Waals surface area contributed by atoms with E-state index in [9.17, 15) is 0 Å². The second-order valence-corrected chi connectivity index (χ2v) is 9.01. The molecular weight excluding hydrogens is 647 g/mol. The minimum atomic E-state index is -2.36. The number of hydrogen-bond acceptors (Lipinski definition) is 4. The fourth-order valence-corrected chi connectivity index (χ4v) is 4.09. The molecule has 0 bridgehead atoms. The summed E-state index contributed by atoms with van der Waals surface area (Å²) in [6, 6.07) is 29.2. The number of hydrogen-bond donors (Lipinski definition) is 0. The van der Waals surface area contributed by atoms with Gasteiger partial charge >= 0.3 is 0 Å². The van der Waals surface area contributed by atoms with Crippen LogP contribution in [0.1, 0.15) is 26.4 Å². The topological polar surface area (TPSA) is 38.2 Å². The molecule has 38 heavy (non-hydrogen) atoms. The monoisotopic (exact) mass is 679 g/mol. The van der Waals surface area contributed by atoms with Gasteiger partial charge in [0.25, 0.3) is 0 Å². The zero-order valence-corrected chi connectivity index (χ0v) is 24.1. The van der Waals surface area contributed by atoms with Crippen molar-refractivity contribution in [2.24, 2.45) is 0 Å². The van der Waals surface area contributed by atoms with Crippen LogP contribution in [0.25, 0.3) is 22.5 Å². The molecule has 0 unspecified atom stereocenters. The van der Waals surface area contributed by atoms with Crippen molar-refractivity contribution in [1.82, 2.24) is 9.97 Å². The number of fused-ring (bicyclic) bond motifs is 2. The summed E-state index contributed by atoms with van der Waals surface area (Å²) in [6.45, 7) is 5.60. The molecule has 5 heteroatoms. The number of aromatic nitrogens is 2. The standard InChI is InChI=1S/C22H21N2O.C11H8N.Ir/c1-13-9-10-20-21(16(13)4)25-22-17(7-6-8-19(22)24(20)5)18-11-14(2)15(3)12-23-18;1-2-6-10(7-3-1)11-8-4-5-9-12-11;/h6,8-12H,1-5H3;1-6,8-9H;/q2*-1;/i5D3;;. The molecule has 0 N–H and O–H groups in total. The van der Waals surface area contributed by atoms with Crippen LogP contribution in [-0.4, -0.2) is 16.9 Å². The summed E-state index contributed by atoms with van der Waals surface area (Å²) in [7, 11) is 0. The van der Waals surface area contributed by atoms with Gasteiger partial charge in [-0.2, -0.15) is 0 Å². The molecule has 2 aromatic heterocycles. The second kappa shape index (κ2) is 11.7. The van der Waals surface area contributed by atoms with Crippen molar-refractivity contribution in [1.29, 1.82) is 0 Å². The van der Waals surface area contributed by atoms with Crippen LogP contribution in [0.5, 0.6) is 11.5 Å². The number of pyridine rings is 2. The predicted octanol–water partition coefficient (Wildman–Crippen LogP) is 8.20. The number of anilines is 2. The molecule has 1 aliphatic rings. The number of benzene rings is 3. The maximum atomic E-state index is 8.13. The molecule has 3 aromatic carbocycles. The van der Waals surface area contributed by atoms with Crippen molar-refractivity contribution in [3.05, 3.63) is 120 Å². The van der Waals surface area contributed by atoms with E-state index in [2.05, 4.69) is 22.1 Å². The first-order chi connectivity index (χ1) is 19.1. The van der Waals surface area contributed by atoms with Crippen molar-refractivity contribution < 1.29 is 29.0 Å². The molecule has 1 aliphatic heterocycles. The molecule has 0 fully saturated rings. The van der Waals surface area contributed by atoms with Crippen LogP contribution in [0, 0.1) is 39.8 Å². The molecule has 0 aliphatic carbocycles. The first-order valence-electron chi connectivity index (χ1n) is 13.6. The van der Waals surface area contributed by atoms with Crippen molar-refractivity contribution in [3.63, 3.8) is 0 Å². The summed E-state index contributed by atoms with van der Waals surface area (Å²) >= 11 is 0. The number of ether oxygens (including phenoxy) is 1. The fraction of sp³-hybridized carbons (Fsp3) is 0.152. The third-order valence-corrected chi connectivity index (χ3v) is 6.55. The Bertz CT molecular complexity index is 1620. The van der Waals surface area contributed by atoms with E-state index in [4.69, 9.17) is 8.85 Å². The molecule has 6 rings (SSSR count). The van der Waals surface area contributed by atoms with E-state index in [1.807, 2.05) is 88.5 Å². The molecule has 3 heterocycles. The molecule has 4 nitrogen and oxygen atoms in total. The van der Waals surface area contributed by atoms with E-state index >= 15 is 0 Å². The average Bonchev–Trinajstić information content (AvgIpc) is 2.96. The Morgan fingerprint density at radius 1 is 0.763 bits per heavy atom. The van der Waals surface area contributed by atoms with Crippen molar-refractivity contribution in [2.45, 2.75) is 27.7 Å². The third kappa shape index (κ3) is 5.40. The third-order valence-electron chi connectivity index (χ3n) is 6.55. The maximum Gasteiger partial charge on any atom is 0.141 e. The Morgan fingerprint density at radius 2 is 1.58 bits per heavy atom. The summed E-state index contributed by atoms with van der Waals surface area (Å²) in [5, 5.41) is 0. The van der Waals surface area contributed by atoms with Crippen molar-refractivity contribution >= 4 is 11.4 Å². The zero-order chi connectivity index (χ0) is 28.4. The maximum absolute atomic E-state index is 8.13. The van der Waals surface area contributed by atoms with Gasteiger partial charge in [-0.25, -0.2) is 0 Å².